The summed E-state index contributed by atoms with van der Waals surface area (Å²) in [5, 5.41) is 0. The van der Waals surface area contributed by atoms with Crippen molar-refractivity contribution < 1.29 is 14.3 Å². The van der Waals surface area contributed by atoms with Crippen molar-refractivity contribution in [2.75, 3.05) is 6.61 Å². The Morgan fingerprint density at radius 3 is 2.90 bits per heavy atom. The van der Waals surface area contributed by atoms with Crippen molar-refractivity contribution in [3.05, 3.63) is 59.2 Å². The number of carbonyl (C=O) groups is 1. The SMILES string of the molecule is CCOc1cccc(C2CC(=O)c3cc(C)ccc3O2)c1. The number of ether oxygens (including phenoxy) is 2. The fourth-order valence-corrected chi connectivity index (χ4v) is 2.59. The van der Waals surface area contributed by atoms with Crippen LogP contribution in [0.15, 0.2) is 42.5 Å². The minimum absolute atomic E-state index is 0.131. The summed E-state index contributed by atoms with van der Waals surface area (Å²) in [4.78, 5) is 12.3. The molecule has 0 fully saturated rings. The molecule has 2 aromatic rings. The molecule has 21 heavy (non-hydrogen) atoms. The van der Waals surface area contributed by atoms with Crippen molar-refractivity contribution in [3.8, 4) is 11.5 Å². The molecule has 0 saturated heterocycles. The van der Waals surface area contributed by atoms with E-state index in [0.29, 0.717) is 24.3 Å². The van der Waals surface area contributed by atoms with Gasteiger partial charge in [-0.3, -0.25) is 4.79 Å². The summed E-state index contributed by atoms with van der Waals surface area (Å²) in [7, 11) is 0. The van der Waals surface area contributed by atoms with E-state index < -0.39 is 0 Å². The fourth-order valence-electron chi connectivity index (χ4n) is 2.59. The van der Waals surface area contributed by atoms with Crippen LogP contribution in [0.1, 0.15) is 40.9 Å². The maximum Gasteiger partial charge on any atom is 0.170 e. The lowest BCUT2D eigenvalue weighted by Crippen LogP contribution is -2.20. The molecule has 1 aliphatic rings. The molecule has 3 rings (SSSR count). The van der Waals surface area contributed by atoms with Gasteiger partial charge >= 0.3 is 0 Å². The smallest absolute Gasteiger partial charge is 0.170 e. The highest BCUT2D eigenvalue weighted by atomic mass is 16.5. The molecule has 0 aromatic heterocycles. The van der Waals surface area contributed by atoms with Crippen LogP contribution in [0.4, 0.5) is 0 Å². The molecule has 3 nitrogen and oxygen atoms in total. The van der Waals surface area contributed by atoms with Crippen molar-refractivity contribution in [1.29, 1.82) is 0 Å². The van der Waals surface area contributed by atoms with E-state index in [1.54, 1.807) is 0 Å². The molecule has 2 aromatic carbocycles. The Labute approximate surface area is 124 Å². The van der Waals surface area contributed by atoms with Crippen molar-refractivity contribution in [1.82, 2.24) is 0 Å². The van der Waals surface area contributed by atoms with E-state index in [1.807, 2.05) is 56.3 Å². The number of hydrogen-bond donors (Lipinski definition) is 0. The highest BCUT2D eigenvalue weighted by Crippen LogP contribution is 2.36. The summed E-state index contributed by atoms with van der Waals surface area (Å²) in [6.07, 6.45) is 0.125. The number of aryl methyl sites for hydroxylation is 1. The Bertz CT molecular complexity index is 676. The highest BCUT2D eigenvalue weighted by Gasteiger charge is 2.27. The Hall–Kier alpha value is -2.29. The number of ketones is 1. The molecule has 1 heterocycles. The molecule has 3 heteroatoms. The van der Waals surface area contributed by atoms with E-state index in [4.69, 9.17) is 9.47 Å². The normalized spacial score (nSPS) is 17.0. The zero-order valence-corrected chi connectivity index (χ0v) is 12.3. The number of rotatable bonds is 3. The quantitative estimate of drug-likeness (QED) is 0.850. The van der Waals surface area contributed by atoms with E-state index in [9.17, 15) is 4.79 Å². The van der Waals surface area contributed by atoms with Crippen molar-refractivity contribution in [3.63, 3.8) is 0 Å². The van der Waals surface area contributed by atoms with Gasteiger partial charge in [0.2, 0.25) is 0 Å². The molecule has 0 aliphatic carbocycles. The molecule has 0 saturated carbocycles. The van der Waals surface area contributed by atoms with Gasteiger partial charge in [-0.1, -0.05) is 23.8 Å². The van der Waals surface area contributed by atoms with Gasteiger partial charge in [0.1, 0.15) is 17.6 Å². The van der Waals surface area contributed by atoms with Gasteiger partial charge in [0, 0.05) is 0 Å². The van der Waals surface area contributed by atoms with Crippen LogP contribution >= 0.6 is 0 Å². The highest BCUT2D eigenvalue weighted by molar-refractivity contribution is 6.00. The Morgan fingerprint density at radius 1 is 1.24 bits per heavy atom. The van der Waals surface area contributed by atoms with E-state index >= 15 is 0 Å². The maximum atomic E-state index is 12.3. The van der Waals surface area contributed by atoms with Crippen molar-refractivity contribution >= 4 is 5.78 Å². The van der Waals surface area contributed by atoms with E-state index in [2.05, 4.69) is 0 Å². The van der Waals surface area contributed by atoms with Crippen LogP contribution in [0.5, 0.6) is 11.5 Å². The standard InChI is InChI=1S/C18H18O3/c1-3-20-14-6-4-5-13(10-14)18-11-16(19)15-9-12(2)7-8-17(15)21-18/h4-10,18H,3,11H2,1-2H3. The third-order valence-electron chi connectivity index (χ3n) is 3.62. The molecule has 1 atom stereocenters. The van der Waals surface area contributed by atoms with Gasteiger partial charge in [0.15, 0.2) is 5.78 Å². The number of Topliss-reactive ketones (excluding diaryl/α,β-unsaturated/α-hetero) is 1. The van der Waals surface area contributed by atoms with Gasteiger partial charge < -0.3 is 9.47 Å². The van der Waals surface area contributed by atoms with Gasteiger partial charge in [-0.25, -0.2) is 0 Å². The fraction of sp³-hybridized carbons (Fsp3) is 0.278. The summed E-state index contributed by atoms with van der Waals surface area (Å²) in [6.45, 7) is 4.55. The van der Waals surface area contributed by atoms with Crippen LogP contribution in [0, 0.1) is 6.92 Å². The number of benzene rings is 2. The minimum Gasteiger partial charge on any atom is -0.494 e. The summed E-state index contributed by atoms with van der Waals surface area (Å²) in [5.41, 5.74) is 2.73. The zero-order valence-electron chi connectivity index (χ0n) is 12.3. The lowest BCUT2D eigenvalue weighted by Gasteiger charge is -2.26. The van der Waals surface area contributed by atoms with Crippen LogP contribution in [0.25, 0.3) is 0 Å². The van der Waals surface area contributed by atoms with Crippen LogP contribution in [0.3, 0.4) is 0 Å². The molecule has 0 radical (unpaired) electrons. The first-order chi connectivity index (χ1) is 10.2. The number of hydrogen-bond acceptors (Lipinski definition) is 3. The number of fused-ring (bicyclic) bond motifs is 1. The summed E-state index contributed by atoms with van der Waals surface area (Å²) < 4.78 is 11.5. The lowest BCUT2D eigenvalue weighted by molar-refractivity contribution is 0.0849. The van der Waals surface area contributed by atoms with Gasteiger partial charge in [-0.15, -0.1) is 0 Å². The Morgan fingerprint density at radius 2 is 2.10 bits per heavy atom. The summed E-state index contributed by atoms with van der Waals surface area (Å²) in [5.74, 6) is 1.61. The molecular weight excluding hydrogens is 264 g/mol. The zero-order chi connectivity index (χ0) is 14.8. The summed E-state index contributed by atoms with van der Waals surface area (Å²) >= 11 is 0. The van der Waals surface area contributed by atoms with Crippen LogP contribution in [-0.2, 0) is 0 Å². The second-order valence-electron chi connectivity index (χ2n) is 5.24. The Kier molecular flexibility index (Phi) is 3.65. The predicted molar refractivity (Wildman–Crippen MR) is 81.1 cm³/mol. The van der Waals surface area contributed by atoms with Crippen LogP contribution in [-0.4, -0.2) is 12.4 Å². The average Bonchev–Trinajstić information content (AvgIpc) is 2.48. The lowest BCUT2D eigenvalue weighted by atomic mass is 9.95. The van der Waals surface area contributed by atoms with E-state index in [0.717, 1.165) is 16.9 Å². The third-order valence-corrected chi connectivity index (χ3v) is 3.62. The van der Waals surface area contributed by atoms with Crippen LogP contribution < -0.4 is 9.47 Å². The van der Waals surface area contributed by atoms with E-state index in [1.165, 1.54) is 0 Å². The van der Waals surface area contributed by atoms with Crippen LogP contribution in [0.2, 0.25) is 0 Å². The first-order valence-corrected chi connectivity index (χ1v) is 7.20. The molecule has 0 spiro atoms. The first kappa shape index (κ1) is 13.7. The van der Waals surface area contributed by atoms with Gasteiger partial charge in [-0.05, 0) is 43.7 Å². The largest absolute Gasteiger partial charge is 0.494 e. The molecular formula is C18H18O3. The monoisotopic (exact) mass is 282 g/mol. The summed E-state index contributed by atoms with van der Waals surface area (Å²) in [6, 6.07) is 13.5. The molecule has 0 N–H and O–H groups in total. The van der Waals surface area contributed by atoms with E-state index in [-0.39, 0.29) is 11.9 Å². The topological polar surface area (TPSA) is 35.5 Å². The van der Waals surface area contributed by atoms with Gasteiger partial charge in [0.25, 0.3) is 0 Å². The molecule has 0 amide bonds. The minimum atomic E-state index is -0.242. The number of carbonyl (C=O) groups excluding carboxylic acids is 1. The molecule has 1 aliphatic heterocycles. The average molecular weight is 282 g/mol. The molecule has 0 bridgehead atoms. The second-order valence-corrected chi connectivity index (χ2v) is 5.24. The Balaban J connectivity index is 1.90. The molecule has 1 unspecified atom stereocenters. The second kappa shape index (κ2) is 5.60. The van der Waals surface area contributed by atoms with Gasteiger partial charge in [-0.2, -0.15) is 0 Å². The molecule has 108 valence electrons. The van der Waals surface area contributed by atoms with Gasteiger partial charge in [0.05, 0.1) is 18.6 Å². The maximum absolute atomic E-state index is 12.3. The van der Waals surface area contributed by atoms with Crippen molar-refractivity contribution in [2.24, 2.45) is 0 Å². The first-order valence-electron chi connectivity index (χ1n) is 7.20. The third kappa shape index (κ3) is 2.77. The van der Waals surface area contributed by atoms with Crippen molar-refractivity contribution in [2.45, 2.75) is 26.4 Å². The predicted octanol–water partition coefficient (Wildman–Crippen LogP) is 4.10.